The van der Waals surface area contributed by atoms with E-state index in [1.807, 2.05) is 7.05 Å². The Labute approximate surface area is 108 Å². The highest BCUT2D eigenvalue weighted by Crippen LogP contribution is 2.29. The minimum atomic E-state index is 0.122. The molecule has 0 aliphatic heterocycles. The summed E-state index contributed by atoms with van der Waals surface area (Å²) in [5.41, 5.74) is 6.21. The smallest absolute Gasteiger partial charge is 0.0635 e. The van der Waals surface area contributed by atoms with Gasteiger partial charge in [-0.15, -0.1) is 11.3 Å². The van der Waals surface area contributed by atoms with E-state index < -0.39 is 0 Å². The fourth-order valence-electron chi connectivity index (χ4n) is 1.96. The molecule has 0 fully saturated rings. The highest BCUT2D eigenvalue weighted by molar-refractivity contribution is 7.12. The Kier molecular flexibility index (Phi) is 5.63. The number of nitrogens with two attached hydrogens (primary N) is 1. The molecule has 3 nitrogen and oxygen atoms in total. The summed E-state index contributed by atoms with van der Waals surface area (Å²) >= 11 is 1.80. The molecule has 2 unspecified atom stereocenters. The predicted molar refractivity (Wildman–Crippen MR) is 72.9 cm³/mol. The highest BCUT2D eigenvalue weighted by atomic mass is 32.1. The van der Waals surface area contributed by atoms with Crippen molar-refractivity contribution in [1.82, 2.24) is 4.90 Å². The summed E-state index contributed by atoms with van der Waals surface area (Å²) in [5.74, 6) is 0. The zero-order chi connectivity index (χ0) is 12.8. The Balaban J connectivity index is 2.84. The van der Waals surface area contributed by atoms with Crippen molar-refractivity contribution < 1.29 is 0 Å². The molecular formula is C13H21N3S. The van der Waals surface area contributed by atoms with Gasteiger partial charge in [-0.25, -0.2) is 0 Å². The van der Waals surface area contributed by atoms with Crippen LogP contribution in [-0.2, 0) is 0 Å². The number of thiophene rings is 1. The van der Waals surface area contributed by atoms with Gasteiger partial charge in [0.15, 0.2) is 0 Å². The zero-order valence-electron chi connectivity index (χ0n) is 10.8. The Morgan fingerprint density at radius 2 is 2.24 bits per heavy atom. The van der Waals surface area contributed by atoms with Gasteiger partial charge in [0.25, 0.3) is 0 Å². The van der Waals surface area contributed by atoms with Crippen molar-refractivity contribution in [3.05, 3.63) is 21.9 Å². The van der Waals surface area contributed by atoms with Gasteiger partial charge in [-0.2, -0.15) is 5.26 Å². The van der Waals surface area contributed by atoms with Gasteiger partial charge in [-0.1, -0.05) is 6.92 Å². The number of likely N-dealkylation sites (N-methyl/N-ethyl adjacent to an activating group) is 1. The third kappa shape index (κ3) is 3.81. The van der Waals surface area contributed by atoms with Crippen molar-refractivity contribution in [2.45, 2.75) is 38.8 Å². The van der Waals surface area contributed by atoms with Gasteiger partial charge in [0.2, 0.25) is 0 Å². The van der Waals surface area contributed by atoms with Crippen LogP contribution in [0.2, 0.25) is 0 Å². The molecule has 0 amide bonds. The van der Waals surface area contributed by atoms with Gasteiger partial charge >= 0.3 is 0 Å². The van der Waals surface area contributed by atoms with E-state index in [9.17, 15) is 0 Å². The van der Waals surface area contributed by atoms with E-state index >= 15 is 0 Å². The second-order valence-corrected chi connectivity index (χ2v) is 5.67. The summed E-state index contributed by atoms with van der Waals surface area (Å²) in [6.07, 6.45) is 1.49. The number of nitrogens with zero attached hydrogens (tertiary/aromatic N) is 2. The third-order valence-corrected chi connectivity index (χ3v) is 4.05. The Bertz CT molecular complexity index is 380. The maximum atomic E-state index is 8.66. The Hall–Kier alpha value is -0.890. The number of nitriles is 1. The summed E-state index contributed by atoms with van der Waals surface area (Å²) in [7, 11) is 2.05. The van der Waals surface area contributed by atoms with E-state index in [2.05, 4.69) is 36.9 Å². The quantitative estimate of drug-likeness (QED) is 0.845. The number of rotatable bonds is 6. The lowest BCUT2D eigenvalue weighted by molar-refractivity contribution is 0.217. The molecule has 0 aliphatic rings. The van der Waals surface area contributed by atoms with Crippen LogP contribution in [0.3, 0.4) is 0 Å². The first-order valence-electron chi connectivity index (χ1n) is 5.99. The number of hydrogen-bond donors (Lipinski definition) is 1. The van der Waals surface area contributed by atoms with Crippen LogP contribution < -0.4 is 5.73 Å². The van der Waals surface area contributed by atoms with Crippen LogP contribution in [0, 0.1) is 18.3 Å². The van der Waals surface area contributed by atoms with Crippen molar-refractivity contribution >= 4 is 11.3 Å². The molecule has 4 heteroatoms. The molecule has 1 aromatic heterocycles. The van der Waals surface area contributed by atoms with Gasteiger partial charge in [0.05, 0.1) is 12.1 Å². The minimum Gasteiger partial charge on any atom is -0.326 e. The molecule has 0 saturated heterocycles. The van der Waals surface area contributed by atoms with Crippen molar-refractivity contribution in [3.8, 4) is 6.07 Å². The molecule has 0 aliphatic carbocycles. The van der Waals surface area contributed by atoms with Gasteiger partial charge in [0.1, 0.15) is 0 Å². The third-order valence-electron chi connectivity index (χ3n) is 2.98. The molecule has 2 atom stereocenters. The monoisotopic (exact) mass is 251 g/mol. The second kappa shape index (κ2) is 6.75. The first-order valence-corrected chi connectivity index (χ1v) is 6.80. The van der Waals surface area contributed by atoms with Gasteiger partial charge in [0, 0.05) is 28.8 Å². The summed E-state index contributed by atoms with van der Waals surface area (Å²) in [6.45, 7) is 4.99. The average molecular weight is 251 g/mol. The van der Waals surface area contributed by atoms with Gasteiger partial charge < -0.3 is 5.73 Å². The van der Waals surface area contributed by atoms with Gasteiger partial charge in [-0.05, 0) is 32.5 Å². The summed E-state index contributed by atoms with van der Waals surface area (Å²) in [6, 6.07) is 6.83. The molecule has 1 aromatic rings. The lowest BCUT2D eigenvalue weighted by atomic mass is 10.0. The van der Waals surface area contributed by atoms with Crippen molar-refractivity contribution in [2.24, 2.45) is 5.73 Å². The molecular weight excluding hydrogens is 230 g/mol. The molecule has 0 saturated carbocycles. The van der Waals surface area contributed by atoms with E-state index in [1.54, 1.807) is 11.3 Å². The number of hydrogen-bond acceptors (Lipinski definition) is 4. The van der Waals surface area contributed by atoms with Gasteiger partial charge in [-0.3, -0.25) is 4.90 Å². The maximum Gasteiger partial charge on any atom is 0.0635 e. The van der Waals surface area contributed by atoms with Crippen molar-refractivity contribution in [3.63, 3.8) is 0 Å². The summed E-state index contributed by atoms with van der Waals surface area (Å²) in [5, 5.41) is 8.66. The van der Waals surface area contributed by atoms with E-state index in [1.165, 1.54) is 9.75 Å². The molecule has 17 heavy (non-hydrogen) atoms. The van der Waals surface area contributed by atoms with E-state index in [0.29, 0.717) is 6.42 Å². The molecule has 94 valence electrons. The predicted octanol–water partition coefficient (Wildman–Crippen LogP) is 2.68. The SMILES string of the molecule is CCC(N)C(c1ccc(C)s1)N(C)CCC#N. The highest BCUT2D eigenvalue weighted by Gasteiger charge is 2.24. The topological polar surface area (TPSA) is 53.0 Å². The minimum absolute atomic E-state index is 0.122. The van der Waals surface area contributed by atoms with Crippen molar-refractivity contribution in [2.75, 3.05) is 13.6 Å². The summed E-state index contributed by atoms with van der Waals surface area (Å²) in [4.78, 5) is 4.81. The fourth-order valence-corrected chi connectivity index (χ4v) is 3.08. The first kappa shape index (κ1) is 14.2. The molecule has 0 radical (unpaired) electrons. The lowest BCUT2D eigenvalue weighted by Gasteiger charge is -2.31. The van der Waals surface area contributed by atoms with Crippen LogP contribution in [-0.4, -0.2) is 24.5 Å². The normalized spacial score (nSPS) is 14.6. The molecule has 0 aromatic carbocycles. The van der Waals surface area contributed by atoms with Crippen LogP contribution in [0.4, 0.5) is 0 Å². The maximum absolute atomic E-state index is 8.66. The first-order chi connectivity index (χ1) is 8.10. The van der Waals surface area contributed by atoms with E-state index in [4.69, 9.17) is 11.0 Å². The molecule has 1 heterocycles. The van der Waals surface area contributed by atoms with Crippen LogP contribution in [0.5, 0.6) is 0 Å². The standard InChI is InChI=1S/C13H21N3S/c1-4-11(15)13(16(3)9-5-8-14)12-7-6-10(2)17-12/h6-7,11,13H,4-5,9,15H2,1-3H3. The fraction of sp³-hybridized carbons (Fsp3) is 0.615. The van der Waals surface area contributed by atoms with Crippen LogP contribution in [0.15, 0.2) is 12.1 Å². The zero-order valence-corrected chi connectivity index (χ0v) is 11.6. The summed E-state index contributed by atoms with van der Waals surface area (Å²) < 4.78 is 0. The van der Waals surface area contributed by atoms with Crippen LogP contribution in [0.25, 0.3) is 0 Å². The van der Waals surface area contributed by atoms with Crippen LogP contribution in [0.1, 0.15) is 35.6 Å². The molecule has 0 spiro atoms. The second-order valence-electron chi connectivity index (χ2n) is 4.35. The average Bonchev–Trinajstić information content (AvgIpc) is 2.73. The lowest BCUT2D eigenvalue weighted by Crippen LogP contribution is -2.38. The molecule has 0 bridgehead atoms. The largest absolute Gasteiger partial charge is 0.326 e. The van der Waals surface area contributed by atoms with Crippen molar-refractivity contribution in [1.29, 1.82) is 5.26 Å². The number of aryl methyl sites for hydroxylation is 1. The Morgan fingerprint density at radius 3 is 2.71 bits per heavy atom. The van der Waals surface area contributed by atoms with E-state index in [-0.39, 0.29) is 12.1 Å². The molecule has 2 N–H and O–H groups in total. The Morgan fingerprint density at radius 1 is 1.53 bits per heavy atom. The van der Waals surface area contributed by atoms with Crippen LogP contribution >= 0.6 is 11.3 Å². The van der Waals surface area contributed by atoms with E-state index in [0.717, 1.165) is 13.0 Å². The molecule has 1 rings (SSSR count).